The van der Waals surface area contributed by atoms with Crippen molar-refractivity contribution in [2.75, 3.05) is 0 Å². The highest BCUT2D eigenvalue weighted by Gasteiger charge is 2.15. The third kappa shape index (κ3) is 2.52. The molecule has 0 bridgehead atoms. The minimum Gasteiger partial charge on any atom is -0.293 e. The fraction of sp³-hybridized carbons (Fsp3) is 0.286. The van der Waals surface area contributed by atoms with E-state index in [1.54, 1.807) is 6.92 Å². The summed E-state index contributed by atoms with van der Waals surface area (Å²) in [6.45, 7) is 1.72. The predicted octanol–water partition coefficient (Wildman–Crippen LogP) is 2.27. The first-order valence-electron chi connectivity index (χ1n) is 3.53. The quantitative estimate of drug-likeness (QED) is 0.600. The van der Waals surface area contributed by atoms with Gasteiger partial charge in [-0.3, -0.25) is 4.79 Å². The Morgan fingerprint density at radius 3 is 2.54 bits per heavy atom. The molecule has 0 aliphatic heterocycles. The second-order valence-corrected chi connectivity index (χ2v) is 6.21. The van der Waals surface area contributed by atoms with E-state index in [0.717, 1.165) is 11.3 Å². The molecule has 0 aromatic carbocycles. The number of Topliss-reactive ketones (excluding diaryl/α,β-unsaturated/α-hetero) is 1. The van der Waals surface area contributed by atoms with E-state index in [1.165, 1.54) is 12.1 Å². The summed E-state index contributed by atoms with van der Waals surface area (Å²) < 4.78 is 21.7. The zero-order valence-corrected chi connectivity index (χ0v) is 9.17. The normalized spacial score (nSPS) is 11.5. The van der Waals surface area contributed by atoms with Gasteiger partial charge in [0.05, 0.1) is 4.88 Å². The summed E-state index contributed by atoms with van der Waals surface area (Å²) in [4.78, 5) is 11.6. The maximum absolute atomic E-state index is 11.1. The number of halogens is 1. The molecule has 1 aromatic heterocycles. The molecule has 0 amide bonds. The van der Waals surface area contributed by atoms with E-state index >= 15 is 0 Å². The second kappa shape index (κ2) is 3.77. The molecule has 0 spiro atoms. The first-order valence-corrected chi connectivity index (χ1v) is 6.65. The average Bonchev–Trinajstić information content (AvgIpc) is 2.50. The van der Waals surface area contributed by atoms with Crippen LogP contribution >= 0.6 is 22.0 Å². The highest BCUT2D eigenvalue weighted by atomic mass is 35.7. The monoisotopic (exact) mass is 238 g/mol. The van der Waals surface area contributed by atoms with Crippen LogP contribution in [0.2, 0.25) is 0 Å². The molecular formula is C7H7ClO3S2. The van der Waals surface area contributed by atoms with E-state index in [0.29, 0.717) is 11.3 Å². The minimum atomic E-state index is -3.69. The van der Waals surface area contributed by atoms with Crippen LogP contribution in [0.25, 0.3) is 0 Å². The van der Waals surface area contributed by atoms with E-state index in [1.807, 2.05) is 0 Å². The van der Waals surface area contributed by atoms with Gasteiger partial charge in [0.2, 0.25) is 0 Å². The molecule has 0 N–H and O–H groups in total. The van der Waals surface area contributed by atoms with Gasteiger partial charge in [-0.25, -0.2) is 8.42 Å². The lowest BCUT2D eigenvalue weighted by atomic mass is 10.3. The lowest BCUT2D eigenvalue weighted by Crippen LogP contribution is -1.90. The summed E-state index contributed by atoms with van der Waals surface area (Å²) in [6, 6.07) is 2.82. The Morgan fingerprint density at radius 2 is 2.15 bits per heavy atom. The zero-order chi connectivity index (χ0) is 10.1. The van der Waals surface area contributed by atoms with Gasteiger partial charge in [0, 0.05) is 17.1 Å². The van der Waals surface area contributed by atoms with Crippen molar-refractivity contribution in [1.82, 2.24) is 0 Å². The first-order chi connectivity index (χ1) is 5.95. The number of thiophene rings is 1. The molecule has 0 unspecified atom stereocenters. The Labute approximate surface area is 84.8 Å². The molecule has 0 atom stereocenters. The fourth-order valence-electron chi connectivity index (χ4n) is 0.775. The van der Waals surface area contributed by atoms with Crippen LogP contribution in [0.3, 0.4) is 0 Å². The Hall–Kier alpha value is -0.390. The first kappa shape index (κ1) is 10.7. The number of hydrogen-bond donors (Lipinski definition) is 0. The van der Waals surface area contributed by atoms with Gasteiger partial charge in [0.15, 0.2) is 5.78 Å². The summed E-state index contributed by atoms with van der Waals surface area (Å²) >= 11 is 0.903. The highest BCUT2D eigenvalue weighted by Crippen LogP contribution is 2.25. The number of carbonyl (C=O) groups excluding carboxylic acids is 1. The van der Waals surface area contributed by atoms with Gasteiger partial charge in [0.25, 0.3) is 9.05 Å². The zero-order valence-electron chi connectivity index (χ0n) is 6.78. The van der Waals surface area contributed by atoms with Gasteiger partial charge in [-0.2, -0.15) is 0 Å². The molecule has 0 aliphatic rings. The van der Waals surface area contributed by atoms with Gasteiger partial charge in [-0.05, 0) is 12.1 Å². The number of carbonyl (C=O) groups is 1. The molecule has 72 valence electrons. The van der Waals surface area contributed by atoms with Crippen LogP contribution in [0, 0.1) is 0 Å². The van der Waals surface area contributed by atoms with E-state index in [2.05, 4.69) is 0 Å². The molecule has 13 heavy (non-hydrogen) atoms. The SMILES string of the molecule is CCC(=O)c1ccc(S(=O)(=O)Cl)s1. The van der Waals surface area contributed by atoms with Gasteiger partial charge in [-0.15, -0.1) is 11.3 Å². The molecule has 0 saturated carbocycles. The smallest absolute Gasteiger partial charge is 0.270 e. The van der Waals surface area contributed by atoms with Crippen molar-refractivity contribution in [3.05, 3.63) is 17.0 Å². The van der Waals surface area contributed by atoms with E-state index in [9.17, 15) is 13.2 Å². The Bertz CT molecular complexity index is 419. The Kier molecular flexibility index (Phi) is 3.10. The molecule has 0 radical (unpaired) electrons. The van der Waals surface area contributed by atoms with Crippen molar-refractivity contribution < 1.29 is 13.2 Å². The molecular weight excluding hydrogens is 232 g/mol. The molecule has 1 heterocycles. The molecule has 1 aromatic rings. The largest absolute Gasteiger partial charge is 0.293 e. The van der Waals surface area contributed by atoms with Crippen molar-refractivity contribution >= 4 is 36.9 Å². The molecule has 6 heteroatoms. The van der Waals surface area contributed by atoms with Crippen molar-refractivity contribution in [2.45, 2.75) is 17.6 Å². The summed E-state index contributed by atoms with van der Waals surface area (Å²) in [5.41, 5.74) is 0. The van der Waals surface area contributed by atoms with Crippen LogP contribution in [-0.4, -0.2) is 14.2 Å². The van der Waals surface area contributed by atoms with Gasteiger partial charge in [-0.1, -0.05) is 6.92 Å². The van der Waals surface area contributed by atoms with Crippen LogP contribution in [0.15, 0.2) is 16.3 Å². The van der Waals surface area contributed by atoms with Gasteiger partial charge < -0.3 is 0 Å². The summed E-state index contributed by atoms with van der Waals surface area (Å²) in [5.74, 6) is -0.0726. The van der Waals surface area contributed by atoms with Crippen LogP contribution in [0.4, 0.5) is 0 Å². The average molecular weight is 239 g/mol. The van der Waals surface area contributed by atoms with Crippen LogP contribution in [-0.2, 0) is 9.05 Å². The van der Waals surface area contributed by atoms with Crippen LogP contribution in [0.1, 0.15) is 23.0 Å². The lowest BCUT2D eigenvalue weighted by Gasteiger charge is -1.89. The molecule has 3 nitrogen and oxygen atoms in total. The van der Waals surface area contributed by atoms with Gasteiger partial charge >= 0.3 is 0 Å². The van der Waals surface area contributed by atoms with Crippen molar-refractivity contribution in [2.24, 2.45) is 0 Å². The number of ketones is 1. The van der Waals surface area contributed by atoms with E-state index in [-0.39, 0.29) is 9.99 Å². The van der Waals surface area contributed by atoms with Gasteiger partial charge in [0.1, 0.15) is 4.21 Å². The number of hydrogen-bond acceptors (Lipinski definition) is 4. The summed E-state index contributed by atoms with van der Waals surface area (Å²) in [5, 5.41) is 0. The maximum atomic E-state index is 11.1. The van der Waals surface area contributed by atoms with Crippen molar-refractivity contribution in [3.63, 3.8) is 0 Å². The third-order valence-electron chi connectivity index (χ3n) is 1.42. The number of rotatable bonds is 3. The summed E-state index contributed by atoms with van der Waals surface area (Å²) in [6.07, 6.45) is 0.363. The summed E-state index contributed by atoms with van der Waals surface area (Å²) in [7, 11) is 1.41. The lowest BCUT2D eigenvalue weighted by molar-refractivity contribution is 0.0992. The van der Waals surface area contributed by atoms with Crippen molar-refractivity contribution in [1.29, 1.82) is 0 Å². The standard InChI is InChI=1S/C7H7ClO3S2/c1-2-5(9)6-3-4-7(12-6)13(8,10)11/h3-4H,2H2,1H3. The Morgan fingerprint density at radius 1 is 1.54 bits per heavy atom. The van der Waals surface area contributed by atoms with E-state index < -0.39 is 9.05 Å². The predicted molar refractivity (Wildman–Crippen MR) is 52.0 cm³/mol. The third-order valence-corrected chi connectivity index (χ3v) is 4.64. The van der Waals surface area contributed by atoms with Crippen molar-refractivity contribution in [3.8, 4) is 0 Å². The minimum absolute atomic E-state index is 0.0194. The fourth-order valence-corrected chi connectivity index (χ4v) is 2.86. The van der Waals surface area contributed by atoms with Crippen LogP contribution < -0.4 is 0 Å². The maximum Gasteiger partial charge on any atom is 0.270 e. The topological polar surface area (TPSA) is 51.2 Å². The van der Waals surface area contributed by atoms with Crippen LogP contribution in [0.5, 0.6) is 0 Å². The highest BCUT2D eigenvalue weighted by molar-refractivity contribution is 8.15. The molecule has 0 aliphatic carbocycles. The van der Waals surface area contributed by atoms with E-state index in [4.69, 9.17) is 10.7 Å². The molecule has 0 saturated heterocycles. The molecule has 0 fully saturated rings. The molecule has 1 rings (SSSR count). The second-order valence-electron chi connectivity index (χ2n) is 2.33. The Balaban J connectivity index is 3.07.